The minimum absolute atomic E-state index is 0.0113. The van der Waals surface area contributed by atoms with E-state index in [0.717, 1.165) is 43.1 Å². The number of Topliss-reactive ketones (excluding diaryl/α,β-unsaturated/α-hetero) is 1. The Balaban J connectivity index is 1.79. The van der Waals surface area contributed by atoms with Crippen LogP contribution < -0.4 is 10.1 Å². The van der Waals surface area contributed by atoms with E-state index in [1.165, 1.54) is 6.42 Å². The number of nitrogens with zero attached hydrogens (tertiary/aromatic N) is 1. The first-order valence-corrected chi connectivity index (χ1v) is 8.87. The van der Waals surface area contributed by atoms with E-state index in [2.05, 4.69) is 31.0 Å². The normalized spacial score (nSPS) is 25.9. The zero-order valence-electron chi connectivity index (χ0n) is 14.5. The van der Waals surface area contributed by atoms with Gasteiger partial charge in [-0.1, -0.05) is 20.8 Å². The molecule has 3 rings (SSSR count). The lowest BCUT2D eigenvalue weighted by molar-refractivity contribution is 0.0640. The van der Waals surface area contributed by atoms with Crippen LogP contribution in [0, 0.1) is 11.8 Å². The molecule has 0 radical (unpaired) electrons. The molecule has 1 fully saturated rings. The summed E-state index contributed by atoms with van der Waals surface area (Å²) in [5.41, 5.74) is 1.73. The molecule has 2 heterocycles. The van der Waals surface area contributed by atoms with Gasteiger partial charge < -0.3 is 10.1 Å². The Bertz CT molecular complexity index is 562. The van der Waals surface area contributed by atoms with Gasteiger partial charge in [0.15, 0.2) is 5.78 Å². The number of benzene rings is 1. The molecule has 0 aromatic heterocycles. The summed E-state index contributed by atoms with van der Waals surface area (Å²) in [5, 5.41) is 3.32. The van der Waals surface area contributed by atoms with Gasteiger partial charge in [-0.25, -0.2) is 0 Å². The SMILES string of the molecule is CCC(C(=O)c1ccc2c(c1)NCCO2)N1CC(C)CC(C)C1. The summed E-state index contributed by atoms with van der Waals surface area (Å²) >= 11 is 0. The highest BCUT2D eigenvalue weighted by Crippen LogP contribution is 2.30. The maximum Gasteiger partial charge on any atom is 0.180 e. The van der Waals surface area contributed by atoms with Crippen LogP contribution in [0.15, 0.2) is 18.2 Å². The van der Waals surface area contributed by atoms with E-state index in [9.17, 15) is 4.79 Å². The van der Waals surface area contributed by atoms with Crippen molar-refractivity contribution in [1.82, 2.24) is 4.90 Å². The van der Waals surface area contributed by atoms with Crippen LogP contribution in [-0.2, 0) is 0 Å². The molecular formula is C19H28N2O2. The first-order chi connectivity index (χ1) is 11.1. The van der Waals surface area contributed by atoms with Gasteiger partial charge >= 0.3 is 0 Å². The van der Waals surface area contributed by atoms with Crippen LogP contribution in [0.1, 0.15) is 44.0 Å². The predicted molar refractivity (Wildman–Crippen MR) is 93.4 cm³/mol. The molecule has 1 aromatic rings. The van der Waals surface area contributed by atoms with Gasteiger partial charge in [0.25, 0.3) is 0 Å². The van der Waals surface area contributed by atoms with Crippen LogP contribution in [0.4, 0.5) is 5.69 Å². The molecule has 0 amide bonds. The number of hydrogen-bond acceptors (Lipinski definition) is 4. The molecule has 126 valence electrons. The zero-order chi connectivity index (χ0) is 16.4. The molecule has 0 bridgehead atoms. The van der Waals surface area contributed by atoms with Gasteiger partial charge in [-0.3, -0.25) is 9.69 Å². The van der Waals surface area contributed by atoms with Crippen molar-refractivity contribution >= 4 is 11.5 Å². The molecule has 23 heavy (non-hydrogen) atoms. The summed E-state index contributed by atoms with van der Waals surface area (Å²) < 4.78 is 5.61. The predicted octanol–water partition coefficient (Wildman–Crippen LogP) is 3.43. The van der Waals surface area contributed by atoms with Gasteiger partial charge in [0.2, 0.25) is 0 Å². The molecule has 4 heteroatoms. The number of anilines is 1. The minimum atomic E-state index is -0.0113. The van der Waals surface area contributed by atoms with Crippen LogP contribution >= 0.6 is 0 Å². The first-order valence-electron chi connectivity index (χ1n) is 8.87. The van der Waals surface area contributed by atoms with Gasteiger partial charge in [0.1, 0.15) is 12.4 Å². The van der Waals surface area contributed by atoms with Gasteiger partial charge in [0, 0.05) is 25.2 Å². The van der Waals surface area contributed by atoms with E-state index in [-0.39, 0.29) is 11.8 Å². The number of piperidine rings is 1. The number of carbonyl (C=O) groups is 1. The lowest BCUT2D eigenvalue weighted by Crippen LogP contribution is -2.48. The largest absolute Gasteiger partial charge is 0.490 e. The average molecular weight is 316 g/mol. The summed E-state index contributed by atoms with van der Waals surface area (Å²) in [7, 11) is 0. The summed E-state index contributed by atoms with van der Waals surface area (Å²) in [5.74, 6) is 2.42. The number of rotatable bonds is 4. The molecule has 0 aliphatic carbocycles. The number of carbonyl (C=O) groups excluding carboxylic acids is 1. The Labute approximate surface area is 139 Å². The Kier molecular flexibility index (Phi) is 4.90. The van der Waals surface area contributed by atoms with Gasteiger partial charge in [-0.15, -0.1) is 0 Å². The number of nitrogens with one attached hydrogen (secondary N) is 1. The van der Waals surface area contributed by atoms with Crippen molar-refractivity contribution < 1.29 is 9.53 Å². The van der Waals surface area contributed by atoms with Crippen LogP contribution in [0.2, 0.25) is 0 Å². The maximum atomic E-state index is 13.1. The van der Waals surface area contributed by atoms with Crippen LogP contribution in [0.5, 0.6) is 5.75 Å². The molecule has 0 spiro atoms. The standard InChI is InChI=1S/C19H28N2O2/c1-4-17(21-11-13(2)9-14(3)12-21)19(22)15-5-6-18-16(10-15)20-7-8-23-18/h5-6,10,13-14,17,20H,4,7-9,11-12H2,1-3H3. The third-order valence-electron chi connectivity index (χ3n) is 4.97. The molecule has 2 aliphatic rings. The van der Waals surface area contributed by atoms with Crippen LogP contribution in [-0.4, -0.2) is 43.0 Å². The molecule has 2 aliphatic heterocycles. The summed E-state index contributed by atoms with van der Waals surface area (Å²) in [4.78, 5) is 15.5. The second kappa shape index (κ2) is 6.91. The van der Waals surface area contributed by atoms with Crippen molar-refractivity contribution in [2.75, 3.05) is 31.6 Å². The van der Waals surface area contributed by atoms with Gasteiger partial charge in [0.05, 0.1) is 11.7 Å². The number of likely N-dealkylation sites (tertiary alicyclic amines) is 1. The maximum absolute atomic E-state index is 13.1. The zero-order valence-corrected chi connectivity index (χ0v) is 14.5. The van der Waals surface area contributed by atoms with Crippen molar-refractivity contribution in [2.45, 2.75) is 39.7 Å². The molecule has 0 saturated carbocycles. The number of fused-ring (bicyclic) bond motifs is 1. The van der Waals surface area contributed by atoms with E-state index >= 15 is 0 Å². The number of ether oxygens (including phenoxy) is 1. The number of hydrogen-bond donors (Lipinski definition) is 1. The van der Waals surface area contributed by atoms with Crippen molar-refractivity contribution in [2.24, 2.45) is 11.8 Å². The fraction of sp³-hybridized carbons (Fsp3) is 0.632. The van der Waals surface area contributed by atoms with Crippen molar-refractivity contribution in [1.29, 1.82) is 0 Å². The average Bonchev–Trinajstić information content (AvgIpc) is 2.54. The van der Waals surface area contributed by atoms with Crippen LogP contribution in [0.25, 0.3) is 0 Å². The summed E-state index contributed by atoms with van der Waals surface area (Å²) in [6.07, 6.45) is 2.13. The third kappa shape index (κ3) is 3.52. The third-order valence-corrected chi connectivity index (χ3v) is 4.97. The molecule has 4 nitrogen and oxygen atoms in total. The Hall–Kier alpha value is -1.55. The van der Waals surface area contributed by atoms with Gasteiger partial charge in [-0.05, 0) is 42.9 Å². The quantitative estimate of drug-likeness (QED) is 0.864. The Morgan fingerprint density at radius 3 is 2.78 bits per heavy atom. The lowest BCUT2D eigenvalue weighted by atomic mass is 9.89. The van der Waals surface area contributed by atoms with Crippen molar-refractivity contribution in [3.05, 3.63) is 23.8 Å². The smallest absolute Gasteiger partial charge is 0.180 e. The highest BCUT2D eigenvalue weighted by Gasteiger charge is 2.31. The number of ketones is 1. The summed E-state index contributed by atoms with van der Waals surface area (Å²) in [6, 6.07) is 5.77. The second-order valence-electron chi connectivity index (χ2n) is 7.17. The van der Waals surface area contributed by atoms with Crippen molar-refractivity contribution in [3.63, 3.8) is 0 Å². The van der Waals surface area contributed by atoms with E-state index in [1.807, 2.05) is 18.2 Å². The molecule has 1 saturated heterocycles. The molecule has 1 aromatic carbocycles. The minimum Gasteiger partial charge on any atom is -0.490 e. The van der Waals surface area contributed by atoms with Gasteiger partial charge in [-0.2, -0.15) is 0 Å². The van der Waals surface area contributed by atoms with Crippen LogP contribution in [0.3, 0.4) is 0 Å². The van der Waals surface area contributed by atoms with Crippen molar-refractivity contribution in [3.8, 4) is 5.75 Å². The topological polar surface area (TPSA) is 41.6 Å². The first kappa shape index (κ1) is 16.3. The monoisotopic (exact) mass is 316 g/mol. The highest BCUT2D eigenvalue weighted by molar-refractivity contribution is 6.01. The molecule has 3 unspecified atom stereocenters. The highest BCUT2D eigenvalue weighted by atomic mass is 16.5. The van der Waals surface area contributed by atoms with E-state index in [1.54, 1.807) is 0 Å². The second-order valence-corrected chi connectivity index (χ2v) is 7.17. The van der Waals surface area contributed by atoms with E-state index < -0.39 is 0 Å². The Morgan fingerprint density at radius 1 is 1.35 bits per heavy atom. The lowest BCUT2D eigenvalue weighted by Gasteiger charge is -2.39. The molecule has 3 atom stereocenters. The Morgan fingerprint density at radius 2 is 2.09 bits per heavy atom. The fourth-order valence-electron chi connectivity index (χ4n) is 4.06. The van der Waals surface area contributed by atoms with E-state index in [4.69, 9.17) is 4.74 Å². The molecule has 1 N–H and O–H groups in total. The fourth-order valence-corrected chi connectivity index (χ4v) is 4.06. The summed E-state index contributed by atoms with van der Waals surface area (Å²) in [6.45, 7) is 10.2. The molecular weight excluding hydrogens is 288 g/mol. The van der Waals surface area contributed by atoms with E-state index in [0.29, 0.717) is 18.4 Å².